The number of carbonyl (C=O) groups is 1. The van der Waals surface area contributed by atoms with Gasteiger partial charge in [0.05, 0.1) is 12.6 Å². The first-order valence-corrected chi connectivity index (χ1v) is 6.32. The predicted octanol–water partition coefficient (Wildman–Crippen LogP) is 0.639. The molecule has 1 aliphatic rings. The van der Waals surface area contributed by atoms with Crippen LogP contribution in [-0.4, -0.2) is 30.2 Å². The van der Waals surface area contributed by atoms with Crippen molar-refractivity contribution in [3.05, 3.63) is 0 Å². The summed E-state index contributed by atoms with van der Waals surface area (Å²) in [5.41, 5.74) is 5.61. The number of aliphatic hydroxyl groups is 1. The molecule has 1 fully saturated rings. The van der Waals surface area contributed by atoms with Crippen LogP contribution in [0.2, 0.25) is 0 Å². The Labute approximate surface area is 97.6 Å². The van der Waals surface area contributed by atoms with Crippen molar-refractivity contribution in [1.29, 1.82) is 0 Å². The van der Waals surface area contributed by atoms with Crippen LogP contribution in [0.5, 0.6) is 0 Å². The van der Waals surface area contributed by atoms with Crippen molar-refractivity contribution >= 4 is 5.91 Å². The molecule has 4 N–H and O–H groups in total. The Morgan fingerprint density at radius 1 is 1.44 bits per heavy atom. The summed E-state index contributed by atoms with van der Waals surface area (Å²) in [7, 11) is 0. The lowest BCUT2D eigenvalue weighted by Crippen LogP contribution is -2.41. The molecule has 1 aliphatic carbocycles. The van der Waals surface area contributed by atoms with Gasteiger partial charge < -0.3 is 16.2 Å². The van der Waals surface area contributed by atoms with E-state index in [2.05, 4.69) is 5.32 Å². The summed E-state index contributed by atoms with van der Waals surface area (Å²) in [6.45, 7) is 2.73. The maximum Gasteiger partial charge on any atom is 0.223 e. The lowest BCUT2D eigenvalue weighted by atomic mass is 9.81. The highest BCUT2D eigenvalue weighted by Gasteiger charge is 2.26. The van der Waals surface area contributed by atoms with E-state index in [9.17, 15) is 4.79 Å². The van der Waals surface area contributed by atoms with E-state index in [-0.39, 0.29) is 24.5 Å². The molecule has 0 aromatic carbocycles. The molecule has 4 heteroatoms. The second-order valence-electron chi connectivity index (χ2n) is 4.75. The molecule has 94 valence electrons. The molecular formula is C12H24N2O2. The molecule has 1 amide bonds. The third-order valence-corrected chi connectivity index (χ3v) is 3.61. The Morgan fingerprint density at radius 3 is 2.50 bits per heavy atom. The molecule has 1 rings (SSSR count). The summed E-state index contributed by atoms with van der Waals surface area (Å²) in [6.07, 6.45) is 4.78. The van der Waals surface area contributed by atoms with Crippen molar-refractivity contribution in [2.24, 2.45) is 17.6 Å². The topological polar surface area (TPSA) is 75.3 Å². The number of nitrogens with two attached hydrogens (primary N) is 1. The van der Waals surface area contributed by atoms with Gasteiger partial charge in [0.25, 0.3) is 0 Å². The van der Waals surface area contributed by atoms with Crippen molar-refractivity contribution in [2.45, 2.75) is 45.1 Å². The summed E-state index contributed by atoms with van der Waals surface area (Å²) >= 11 is 0. The van der Waals surface area contributed by atoms with E-state index in [4.69, 9.17) is 10.8 Å². The Morgan fingerprint density at radius 2 is 2.06 bits per heavy atom. The maximum atomic E-state index is 11.9. The van der Waals surface area contributed by atoms with Gasteiger partial charge in [-0.1, -0.05) is 6.92 Å². The molecular weight excluding hydrogens is 204 g/mol. The summed E-state index contributed by atoms with van der Waals surface area (Å²) < 4.78 is 0. The average Bonchev–Trinajstić information content (AvgIpc) is 2.35. The van der Waals surface area contributed by atoms with E-state index in [0.29, 0.717) is 5.92 Å². The van der Waals surface area contributed by atoms with Crippen LogP contribution in [-0.2, 0) is 4.79 Å². The normalized spacial score (nSPS) is 27.4. The van der Waals surface area contributed by atoms with E-state index < -0.39 is 0 Å². The number of hydrogen-bond acceptors (Lipinski definition) is 3. The van der Waals surface area contributed by atoms with Gasteiger partial charge >= 0.3 is 0 Å². The highest BCUT2D eigenvalue weighted by atomic mass is 16.3. The van der Waals surface area contributed by atoms with Gasteiger partial charge in [-0.15, -0.1) is 0 Å². The molecule has 0 aromatic heterocycles. The highest BCUT2D eigenvalue weighted by molar-refractivity contribution is 5.79. The van der Waals surface area contributed by atoms with Gasteiger partial charge in [-0.25, -0.2) is 0 Å². The zero-order chi connectivity index (χ0) is 12.0. The van der Waals surface area contributed by atoms with Crippen molar-refractivity contribution in [2.75, 3.05) is 13.2 Å². The molecule has 1 atom stereocenters. The van der Waals surface area contributed by atoms with Crippen LogP contribution in [0, 0.1) is 11.8 Å². The van der Waals surface area contributed by atoms with Crippen LogP contribution >= 0.6 is 0 Å². The highest BCUT2D eigenvalue weighted by Crippen LogP contribution is 2.28. The third kappa shape index (κ3) is 3.76. The Balaban J connectivity index is 2.32. The second kappa shape index (κ2) is 6.86. The number of hydrogen-bond donors (Lipinski definition) is 3. The fourth-order valence-electron chi connectivity index (χ4n) is 2.26. The second-order valence-corrected chi connectivity index (χ2v) is 4.75. The lowest BCUT2D eigenvalue weighted by molar-refractivity contribution is -0.127. The van der Waals surface area contributed by atoms with Crippen LogP contribution in [0.3, 0.4) is 0 Å². The van der Waals surface area contributed by atoms with Crippen LogP contribution in [0.1, 0.15) is 39.0 Å². The fraction of sp³-hybridized carbons (Fsp3) is 0.917. The Kier molecular flexibility index (Phi) is 5.77. The molecule has 0 spiro atoms. The van der Waals surface area contributed by atoms with Crippen LogP contribution < -0.4 is 11.1 Å². The molecule has 0 radical (unpaired) electrons. The fourth-order valence-corrected chi connectivity index (χ4v) is 2.26. The molecule has 0 aromatic rings. The minimum atomic E-state index is -0.0836. The zero-order valence-electron chi connectivity index (χ0n) is 10.1. The maximum absolute atomic E-state index is 11.9. The standard InChI is InChI=1S/C12H24N2O2/c1-2-11(8-15)14-12(16)10-5-3-9(7-13)4-6-10/h9-11,15H,2-8,13H2,1H3,(H,14,16)/t9?,10?,11-/m0/s1. The minimum absolute atomic E-state index is 0.0282. The van der Waals surface area contributed by atoms with Gasteiger partial charge in [-0.3, -0.25) is 4.79 Å². The molecule has 0 saturated heterocycles. The molecule has 4 nitrogen and oxygen atoms in total. The van der Waals surface area contributed by atoms with Gasteiger partial charge in [-0.2, -0.15) is 0 Å². The predicted molar refractivity (Wildman–Crippen MR) is 63.8 cm³/mol. The zero-order valence-corrected chi connectivity index (χ0v) is 10.1. The van der Waals surface area contributed by atoms with E-state index in [1.54, 1.807) is 0 Å². The number of aliphatic hydroxyl groups excluding tert-OH is 1. The number of rotatable bonds is 5. The molecule has 0 heterocycles. The summed E-state index contributed by atoms with van der Waals surface area (Å²) in [5.74, 6) is 0.837. The quantitative estimate of drug-likeness (QED) is 0.646. The van der Waals surface area contributed by atoms with Crippen LogP contribution in [0.4, 0.5) is 0 Å². The summed E-state index contributed by atoms with van der Waals surface area (Å²) in [4.78, 5) is 11.9. The Hall–Kier alpha value is -0.610. The smallest absolute Gasteiger partial charge is 0.223 e. The molecule has 1 saturated carbocycles. The summed E-state index contributed by atoms with van der Waals surface area (Å²) in [6, 6.07) is -0.0836. The molecule has 0 unspecified atom stereocenters. The van der Waals surface area contributed by atoms with E-state index in [1.807, 2.05) is 6.92 Å². The van der Waals surface area contributed by atoms with Crippen molar-refractivity contribution in [1.82, 2.24) is 5.32 Å². The van der Waals surface area contributed by atoms with Crippen molar-refractivity contribution in [3.8, 4) is 0 Å². The van der Waals surface area contributed by atoms with E-state index in [1.165, 1.54) is 0 Å². The van der Waals surface area contributed by atoms with Crippen LogP contribution in [0.15, 0.2) is 0 Å². The summed E-state index contributed by atoms with van der Waals surface area (Å²) in [5, 5.41) is 11.9. The van der Waals surface area contributed by atoms with Gasteiger partial charge in [0.2, 0.25) is 5.91 Å². The lowest BCUT2D eigenvalue weighted by Gasteiger charge is -2.28. The molecule has 0 aliphatic heterocycles. The first-order chi connectivity index (χ1) is 7.71. The monoisotopic (exact) mass is 228 g/mol. The first kappa shape index (κ1) is 13.5. The first-order valence-electron chi connectivity index (χ1n) is 6.32. The van der Waals surface area contributed by atoms with Crippen molar-refractivity contribution < 1.29 is 9.90 Å². The third-order valence-electron chi connectivity index (χ3n) is 3.61. The van der Waals surface area contributed by atoms with E-state index >= 15 is 0 Å². The minimum Gasteiger partial charge on any atom is -0.394 e. The van der Waals surface area contributed by atoms with Crippen LogP contribution in [0.25, 0.3) is 0 Å². The van der Waals surface area contributed by atoms with Crippen molar-refractivity contribution in [3.63, 3.8) is 0 Å². The Bertz CT molecular complexity index is 209. The number of nitrogens with one attached hydrogen (secondary N) is 1. The van der Waals surface area contributed by atoms with E-state index in [0.717, 1.165) is 38.6 Å². The van der Waals surface area contributed by atoms with Gasteiger partial charge in [0, 0.05) is 5.92 Å². The number of amides is 1. The molecule has 16 heavy (non-hydrogen) atoms. The average molecular weight is 228 g/mol. The van der Waals surface area contributed by atoms with Gasteiger partial charge in [0.1, 0.15) is 0 Å². The van der Waals surface area contributed by atoms with Gasteiger partial charge in [-0.05, 0) is 44.6 Å². The molecule has 0 bridgehead atoms. The number of carbonyl (C=O) groups excluding carboxylic acids is 1. The SMILES string of the molecule is CC[C@@H](CO)NC(=O)C1CCC(CN)CC1. The largest absolute Gasteiger partial charge is 0.394 e. The van der Waals surface area contributed by atoms with Gasteiger partial charge in [0.15, 0.2) is 0 Å².